The molecule has 0 bridgehead atoms. The number of hydrogen-bond acceptors (Lipinski definition) is 0. The molecule has 4 aromatic carbocycles. The fraction of sp³-hybridized carbons (Fsp3) is 0.278. The Bertz CT molecular complexity index is 1320. The first-order chi connectivity index (χ1) is 18.1. The van der Waals surface area contributed by atoms with Crippen LogP contribution in [0.4, 0.5) is 0 Å². The van der Waals surface area contributed by atoms with Crippen molar-refractivity contribution in [1.82, 2.24) is 0 Å². The summed E-state index contributed by atoms with van der Waals surface area (Å²) >= 11 is 4.58. The monoisotopic (exact) mass is 582 g/mol. The third kappa shape index (κ3) is 4.74. The molecule has 5 rings (SSSR count). The van der Waals surface area contributed by atoms with Gasteiger partial charge < -0.3 is 0 Å². The van der Waals surface area contributed by atoms with Gasteiger partial charge in [0.25, 0.3) is 0 Å². The van der Waals surface area contributed by atoms with Crippen LogP contribution in [0.15, 0.2) is 115 Å². The molecule has 0 N–H and O–H groups in total. The van der Waals surface area contributed by atoms with Crippen LogP contribution in [0.2, 0.25) is 0 Å². The van der Waals surface area contributed by atoms with Gasteiger partial charge in [-0.2, -0.15) is 0 Å². The van der Waals surface area contributed by atoms with E-state index in [0.29, 0.717) is 0 Å². The molecule has 0 heterocycles. The summed E-state index contributed by atoms with van der Waals surface area (Å²) in [7, 11) is 0. The standard InChI is InChI=1S/C36H40BrP/c1-35(2)25-26-36(3,4)34-28-29(23-24-33(34)35)16-14-15-27-38(37,30-17-8-5-9-18-30,31-19-10-6-11-20-31)32-21-12-7-13-22-32/h5-14,16-24,28H,15,25-27H2,1-4H3. The molecule has 0 atom stereocenters. The maximum atomic E-state index is 4.58. The Morgan fingerprint density at radius 2 is 1.08 bits per heavy atom. The number of fused-ring (bicyclic) bond motifs is 1. The van der Waals surface area contributed by atoms with E-state index in [1.54, 1.807) is 0 Å². The van der Waals surface area contributed by atoms with Crippen molar-refractivity contribution < 1.29 is 0 Å². The van der Waals surface area contributed by atoms with Gasteiger partial charge in [-0.3, -0.25) is 0 Å². The predicted molar refractivity (Wildman–Crippen MR) is 174 cm³/mol. The summed E-state index contributed by atoms with van der Waals surface area (Å²) in [5.41, 5.74) is 4.83. The van der Waals surface area contributed by atoms with Crippen molar-refractivity contribution in [2.45, 2.75) is 57.8 Å². The normalized spacial score (nSPS) is 17.4. The topological polar surface area (TPSA) is 0 Å². The fourth-order valence-corrected chi connectivity index (χ4v) is 13.7. The Morgan fingerprint density at radius 1 is 0.632 bits per heavy atom. The first-order valence-corrected chi connectivity index (χ1v) is 18.3. The Kier molecular flexibility index (Phi) is 7.32. The van der Waals surface area contributed by atoms with Crippen LogP contribution in [-0.4, -0.2) is 6.16 Å². The molecule has 1 aliphatic carbocycles. The van der Waals surface area contributed by atoms with Crippen LogP contribution in [0, 0.1) is 0 Å². The van der Waals surface area contributed by atoms with Crippen LogP contribution in [0.5, 0.6) is 0 Å². The summed E-state index contributed by atoms with van der Waals surface area (Å²) in [5, 5.41) is 1.25. The van der Waals surface area contributed by atoms with Crippen molar-refractivity contribution in [1.29, 1.82) is 0 Å². The molecule has 0 fully saturated rings. The van der Waals surface area contributed by atoms with Crippen LogP contribution in [-0.2, 0) is 10.8 Å². The van der Waals surface area contributed by atoms with E-state index < -0.39 is 5.31 Å². The zero-order valence-corrected chi connectivity index (χ0v) is 25.7. The molecule has 0 nitrogen and oxygen atoms in total. The summed E-state index contributed by atoms with van der Waals surface area (Å²) in [6.07, 6.45) is 9.22. The minimum absolute atomic E-state index is 0.226. The zero-order chi connectivity index (χ0) is 26.9. The van der Waals surface area contributed by atoms with Crippen LogP contribution < -0.4 is 15.9 Å². The molecule has 196 valence electrons. The Morgan fingerprint density at radius 3 is 1.55 bits per heavy atom. The van der Waals surface area contributed by atoms with Crippen molar-refractivity contribution >= 4 is 42.8 Å². The summed E-state index contributed by atoms with van der Waals surface area (Å²) in [6, 6.07) is 40.4. The summed E-state index contributed by atoms with van der Waals surface area (Å²) in [6.45, 7) is 9.60. The molecule has 0 radical (unpaired) electrons. The molecular formula is C36H40BrP. The van der Waals surface area contributed by atoms with Crippen LogP contribution in [0.3, 0.4) is 0 Å². The number of hydrogen-bond donors (Lipinski definition) is 0. The first-order valence-electron chi connectivity index (χ1n) is 13.9. The Labute approximate surface area is 237 Å². The van der Waals surface area contributed by atoms with E-state index in [9.17, 15) is 0 Å². The van der Waals surface area contributed by atoms with Gasteiger partial charge in [0.15, 0.2) is 0 Å². The third-order valence-electron chi connectivity index (χ3n) is 8.79. The van der Waals surface area contributed by atoms with E-state index in [1.165, 1.54) is 45.4 Å². The van der Waals surface area contributed by atoms with Crippen molar-refractivity contribution in [3.8, 4) is 0 Å². The second kappa shape index (κ2) is 10.3. The van der Waals surface area contributed by atoms with E-state index in [2.05, 4.69) is 165 Å². The molecule has 1 aliphatic rings. The van der Waals surface area contributed by atoms with E-state index in [1.807, 2.05) is 0 Å². The van der Waals surface area contributed by atoms with Crippen molar-refractivity contribution in [2.24, 2.45) is 0 Å². The van der Waals surface area contributed by atoms with Gasteiger partial charge in [-0.1, -0.05) is 0 Å². The van der Waals surface area contributed by atoms with Gasteiger partial charge in [-0.05, 0) is 0 Å². The van der Waals surface area contributed by atoms with Gasteiger partial charge in [-0.15, -0.1) is 0 Å². The molecule has 0 spiro atoms. The van der Waals surface area contributed by atoms with E-state index in [-0.39, 0.29) is 10.8 Å². The molecule has 0 amide bonds. The quantitative estimate of drug-likeness (QED) is 0.190. The molecule has 38 heavy (non-hydrogen) atoms. The van der Waals surface area contributed by atoms with Crippen LogP contribution in [0.25, 0.3) is 6.08 Å². The molecule has 0 saturated heterocycles. The number of allylic oxidation sites excluding steroid dienone is 1. The maximum absolute atomic E-state index is 4.58. The molecule has 0 aliphatic heterocycles. The molecule has 2 heteroatoms. The predicted octanol–water partition coefficient (Wildman–Crippen LogP) is 9.28. The summed E-state index contributed by atoms with van der Waals surface area (Å²) < 4.78 is 0. The first kappa shape index (κ1) is 27.1. The van der Waals surface area contributed by atoms with E-state index in [0.717, 1.165) is 12.6 Å². The number of benzene rings is 4. The molecule has 0 saturated carbocycles. The van der Waals surface area contributed by atoms with Gasteiger partial charge in [0.05, 0.1) is 0 Å². The molecular weight excluding hydrogens is 543 g/mol. The van der Waals surface area contributed by atoms with Gasteiger partial charge in [-0.25, -0.2) is 0 Å². The molecule has 0 unspecified atom stereocenters. The van der Waals surface area contributed by atoms with Gasteiger partial charge >= 0.3 is 239 Å². The Hall–Kier alpha value is -2.47. The van der Waals surface area contributed by atoms with Gasteiger partial charge in [0.2, 0.25) is 0 Å². The third-order valence-corrected chi connectivity index (χ3v) is 18.8. The van der Waals surface area contributed by atoms with Gasteiger partial charge in [0.1, 0.15) is 0 Å². The second-order valence-electron chi connectivity index (χ2n) is 12.2. The van der Waals surface area contributed by atoms with Crippen LogP contribution in [0.1, 0.15) is 63.6 Å². The fourth-order valence-electron chi connectivity index (χ4n) is 6.30. The average molecular weight is 584 g/mol. The van der Waals surface area contributed by atoms with Crippen molar-refractivity contribution in [3.05, 3.63) is 132 Å². The zero-order valence-electron chi connectivity index (χ0n) is 23.2. The van der Waals surface area contributed by atoms with Crippen molar-refractivity contribution in [3.63, 3.8) is 0 Å². The average Bonchev–Trinajstić information content (AvgIpc) is 2.95. The number of rotatable bonds is 7. The van der Waals surface area contributed by atoms with Crippen molar-refractivity contribution in [2.75, 3.05) is 6.16 Å². The summed E-state index contributed by atoms with van der Waals surface area (Å²) in [5.74, 6) is 0. The minimum atomic E-state index is -2.88. The van der Waals surface area contributed by atoms with E-state index in [4.69, 9.17) is 0 Å². The molecule has 4 aromatic rings. The van der Waals surface area contributed by atoms with Gasteiger partial charge in [0, 0.05) is 0 Å². The van der Waals surface area contributed by atoms with E-state index >= 15 is 0 Å². The second-order valence-corrected chi connectivity index (χ2v) is 21.2. The summed E-state index contributed by atoms with van der Waals surface area (Å²) in [4.78, 5) is 0. The Balaban J connectivity index is 1.53. The molecule has 0 aromatic heterocycles. The van der Waals surface area contributed by atoms with Crippen LogP contribution >= 0.6 is 20.8 Å². The number of halogens is 1. The SMILES string of the molecule is CC1(C)CCC(C)(C)c2cc(C=CCCP(Br)(c3ccccc3)(c3ccccc3)c3ccccc3)ccc21.